The van der Waals surface area contributed by atoms with E-state index in [1.165, 1.54) is 0 Å². The predicted octanol–water partition coefficient (Wildman–Crippen LogP) is 2.87. The van der Waals surface area contributed by atoms with E-state index in [4.69, 9.17) is 0 Å². The van der Waals surface area contributed by atoms with Crippen LogP contribution in [0.15, 0.2) is 11.6 Å². The third kappa shape index (κ3) is 2.19. The summed E-state index contributed by atoms with van der Waals surface area (Å²) in [5.41, 5.74) is 0.479. The summed E-state index contributed by atoms with van der Waals surface area (Å²) < 4.78 is 0. The van der Waals surface area contributed by atoms with Crippen LogP contribution < -0.4 is 0 Å². The average Bonchev–Trinajstić information content (AvgIpc) is 2.78. The smallest absolute Gasteiger partial charge is 0.155 e. The fourth-order valence-corrected chi connectivity index (χ4v) is 7.09. The molecule has 4 heteroatoms. The van der Waals surface area contributed by atoms with E-state index in [1.54, 1.807) is 13.0 Å². The van der Waals surface area contributed by atoms with Crippen LogP contribution in [0.25, 0.3) is 0 Å². The van der Waals surface area contributed by atoms with Crippen LogP contribution in [0.5, 0.6) is 0 Å². The van der Waals surface area contributed by atoms with Gasteiger partial charge in [0.25, 0.3) is 0 Å². The molecule has 25 heavy (non-hydrogen) atoms. The van der Waals surface area contributed by atoms with Crippen LogP contribution in [0.1, 0.15) is 59.3 Å². The molecule has 3 saturated carbocycles. The lowest BCUT2D eigenvalue weighted by atomic mass is 9.46. The van der Waals surface area contributed by atoms with E-state index < -0.39 is 11.5 Å². The SMILES string of the molecule is CC(=O)[C@@H]1C[C@H](O)[C@@H]2[C@@H]3CCC4=CC(=O)CC[C@]4(C)[C@@H]3C(=O)C[C@]21C. The quantitative estimate of drug-likeness (QED) is 0.794. The minimum Gasteiger partial charge on any atom is -0.393 e. The number of fused-ring (bicyclic) bond motifs is 5. The molecule has 0 aromatic rings. The number of rotatable bonds is 1. The highest BCUT2D eigenvalue weighted by atomic mass is 16.3. The van der Waals surface area contributed by atoms with Crippen molar-refractivity contribution in [1.82, 2.24) is 0 Å². The van der Waals surface area contributed by atoms with Crippen LogP contribution in [0.2, 0.25) is 0 Å². The molecule has 0 spiro atoms. The van der Waals surface area contributed by atoms with E-state index in [9.17, 15) is 19.5 Å². The van der Waals surface area contributed by atoms with Gasteiger partial charge in [-0.15, -0.1) is 0 Å². The van der Waals surface area contributed by atoms with E-state index >= 15 is 0 Å². The maximum Gasteiger partial charge on any atom is 0.155 e. The van der Waals surface area contributed by atoms with Gasteiger partial charge in [0.15, 0.2) is 5.78 Å². The van der Waals surface area contributed by atoms with Crippen molar-refractivity contribution >= 4 is 17.3 Å². The van der Waals surface area contributed by atoms with Crippen LogP contribution in [0.4, 0.5) is 0 Å². The number of hydrogen-bond acceptors (Lipinski definition) is 4. The summed E-state index contributed by atoms with van der Waals surface area (Å²) in [4.78, 5) is 37.3. The van der Waals surface area contributed by atoms with Gasteiger partial charge in [0.05, 0.1) is 6.10 Å². The minimum absolute atomic E-state index is 0.0140. The van der Waals surface area contributed by atoms with E-state index in [-0.39, 0.29) is 46.4 Å². The number of aliphatic hydroxyl groups is 1. The van der Waals surface area contributed by atoms with Crippen LogP contribution in [-0.2, 0) is 14.4 Å². The molecule has 136 valence electrons. The lowest BCUT2D eigenvalue weighted by Crippen LogP contribution is -2.56. The number of carbonyl (C=O) groups excluding carboxylic acids is 3. The van der Waals surface area contributed by atoms with Gasteiger partial charge >= 0.3 is 0 Å². The summed E-state index contributed by atoms with van der Waals surface area (Å²) in [6, 6.07) is 0. The Labute approximate surface area is 149 Å². The van der Waals surface area contributed by atoms with E-state index in [1.807, 2.05) is 6.92 Å². The van der Waals surface area contributed by atoms with Crippen molar-refractivity contribution < 1.29 is 19.5 Å². The van der Waals surface area contributed by atoms with Gasteiger partial charge in [-0.3, -0.25) is 14.4 Å². The Hall–Kier alpha value is -1.29. The maximum absolute atomic E-state index is 13.3. The molecule has 0 radical (unpaired) electrons. The standard InChI is InChI=1S/C21H28O4/c1-11(22)15-9-16(24)18-14-5-4-12-8-13(23)6-7-20(12,2)19(14)17(25)10-21(15,18)3/h8,14-16,18-19,24H,4-7,9-10H2,1-3H3/t14-,15-,16-,18-,19-,20-,21-/m0/s1. The zero-order valence-corrected chi connectivity index (χ0v) is 15.4. The molecule has 0 saturated heterocycles. The summed E-state index contributed by atoms with van der Waals surface area (Å²) in [5, 5.41) is 10.8. The first-order chi connectivity index (χ1) is 11.7. The molecule has 0 aromatic heterocycles. The Morgan fingerprint density at radius 2 is 1.96 bits per heavy atom. The third-order valence-corrected chi connectivity index (χ3v) is 8.12. The summed E-state index contributed by atoms with van der Waals surface area (Å²) in [6.45, 7) is 5.79. The number of aliphatic hydroxyl groups excluding tert-OH is 1. The lowest BCUT2D eigenvalue weighted by molar-refractivity contribution is -0.151. The maximum atomic E-state index is 13.3. The fraction of sp³-hybridized carbons (Fsp3) is 0.762. The van der Waals surface area contributed by atoms with Crippen molar-refractivity contribution in [3.63, 3.8) is 0 Å². The Bertz CT molecular complexity index is 692. The zero-order chi connectivity index (χ0) is 18.1. The Morgan fingerprint density at radius 1 is 1.24 bits per heavy atom. The first kappa shape index (κ1) is 17.1. The van der Waals surface area contributed by atoms with Gasteiger partial charge in [0.2, 0.25) is 0 Å². The monoisotopic (exact) mass is 344 g/mol. The Morgan fingerprint density at radius 3 is 2.64 bits per heavy atom. The largest absolute Gasteiger partial charge is 0.393 e. The predicted molar refractivity (Wildman–Crippen MR) is 92.7 cm³/mol. The number of Topliss-reactive ketones (excluding diaryl/α,β-unsaturated/α-hetero) is 2. The molecular weight excluding hydrogens is 316 g/mol. The fourth-order valence-electron chi connectivity index (χ4n) is 7.09. The molecule has 1 N–H and O–H groups in total. The van der Waals surface area contributed by atoms with Gasteiger partial charge in [-0.2, -0.15) is 0 Å². The van der Waals surface area contributed by atoms with E-state index in [2.05, 4.69) is 6.92 Å². The molecule has 0 aliphatic heterocycles. The highest BCUT2D eigenvalue weighted by molar-refractivity contribution is 5.93. The van der Waals surface area contributed by atoms with Gasteiger partial charge in [-0.25, -0.2) is 0 Å². The van der Waals surface area contributed by atoms with Crippen molar-refractivity contribution in [2.24, 2.45) is 34.5 Å². The van der Waals surface area contributed by atoms with Gasteiger partial charge in [0, 0.05) is 24.7 Å². The van der Waals surface area contributed by atoms with Crippen LogP contribution in [0.3, 0.4) is 0 Å². The van der Waals surface area contributed by atoms with Crippen molar-refractivity contribution in [3.8, 4) is 0 Å². The molecule has 0 heterocycles. The van der Waals surface area contributed by atoms with Crippen LogP contribution >= 0.6 is 0 Å². The van der Waals surface area contributed by atoms with Gasteiger partial charge < -0.3 is 5.11 Å². The average molecular weight is 344 g/mol. The number of ketones is 3. The summed E-state index contributed by atoms with van der Waals surface area (Å²) >= 11 is 0. The summed E-state index contributed by atoms with van der Waals surface area (Å²) in [5.74, 6) is 0.333. The normalized spacial score (nSPS) is 49.1. The Kier molecular flexibility index (Phi) is 3.67. The van der Waals surface area contributed by atoms with Crippen LogP contribution in [-0.4, -0.2) is 28.6 Å². The minimum atomic E-state index is -0.501. The van der Waals surface area contributed by atoms with Crippen LogP contribution in [0, 0.1) is 34.5 Å². The number of hydrogen-bond donors (Lipinski definition) is 1. The van der Waals surface area contributed by atoms with Crippen molar-refractivity contribution in [3.05, 3.63) is 11.6 Å². The third-order valence-electron chi connectivity index (χ3n) is 8.12. The first-order valence-corrected chi connectivity index (χ1v) is 9.63. The van der Waals surface area contributed by atoms with Gasteiger partial charge in [0.1, 0.15) is 11.6 Å². The second kappa shape index (κ2) is 5.35. The van der Waals surface area contributed by atoms with Gasteiger partial charge in [-0.1, -0.05) is 19.4 Å². The second-order valence-electron chi connectivity index (χ2n) is 9.37. The van der Waals surface area contributed by atoms with Gasteiger partial charge in [-0.05, 0) is 61.3 Å². The lowest BCUT2D eigenvalue weighted by Gasteiger charge is -2.57. The summed E-state index contributed by atoms with van der Waals surface area (Å²) in [7, 11) is 0. The molecule has 7 atom stereocenters. The van der Waals surface area contributed by atoms with Crippen molar-refractivity contribution in [1.29, 1.82) is 0 Å². The number of carbonyl (C=O) groups is 3. The molecule has 4 aliphatic rings. The molecule has 0 bridgehead atoms. The molecular formula is C21H28O4. The molecule has 4 rings (SSSR count). The second-order valence-corrected chi connectivity index (χ2v) is 9.37. The summed E-state index contributed by atoms with van der Waals surface area (Å²) in [6.07, 6.45) is 5.08. The molecule has 3 fully saturated rings. The zero-order valence-electron chi connectivity index (χ0n) is 15.4. The number of allylic oxidation sites excluding steroid dienone is 1. The van der Waals surface area contributed by atoms with Crippen molar-refractivity contribution in [2.75, 3.05) is 0 Å². The Balaban J connectivity index is 1.77. The van der Waals surface area contributed by atoms with Crippen molar-refractivity contribution in [2.45, 2.75) is 65.4 Å². The highest BCUT2D eigenvalue weighted by Crippen LogP contribution is 2.65. The van der Waals surface area contributed by atoms with E-state index in [0.29, 0.717) is 19.3 Å². The molecule has 0 aromatic carbocycles. The topological polar surface area (TPSA) is 71.4 Å². The molecule has 0 amide bonds. The molecule has 4 nitrogen and oxygen atoms in total. The van der Waals surface area contributed by atoms with E-state index in [0.717, 1.165) is 24.8 Å². The highest BCUT2D eigenvalue weighted by Gasteiger charge is 2.65. The first-order valence-electron chi connectivity index (χ1n) is 9.63. The molecule has 4 aliphatic carbocycles. The molecule has 0 unspecified atom stereocenters.